The van der Waals surface area contributed by atoms with Gasteiger partial charge in [0.25, 0.3) is 0 Å². The van der Waals surface area contributed by atoms with E-state index in [1.165, 1.54) is 0 Å². The Morgan fingerprint density at radius 2 is 1.64 bits per heavy atom. The lowest BCUT2D eigenvalue weighted by molar-refractivity contribution is -0.133. The molecule has 0 atom stereocenters. The van der Waals surface area contributed by atoms with Crippen molar-refractivity contribution in [1.82, 2.24) is 0 Å². The number of amides is 2. The summed E-state index contributed by atoms with van der Waals surface area (Å²) < 4.78 is 0.739. The topological polar surface area (TPSA) is 58.2 Å². The Balaban J connectivity index is 2.08. The number of benzene rings is 2. The van der Waals surface area contributed by atoms with Crippen LogP contribution in [0.25, 0.3) is 0 Å². The maximum atomic E-state index is 12.0. The highest BCUT2D eigenvalue weighted by atomic mass is 79.9. The molecule has 0 heterocycles. The summed E-state index contributed by atoms with van der Waals surface area (Å²) in [6.45, 7) is 3.94. The van der Waals surface area contributed by atoms with Gasteiger partial charge in [0.1, 0.15) is 0 Å². The molecule has 0 fully saturated rings. The zero-order valence-corrected chi connectivity index (χ0v) is 14.0. The average molecular weight is 361 g/mol. The van der Waals surface area contributed by atoms with Crippen molar-refractivity contribution in [3.05, 3.63) is 58.1 Å². The highest BCUT2D eigenvalue weighted by Crippen LogP contribution is 2.23. The third-order valence-electron chi connectivity index (χ3n) is 3.23. The Bertz CT molecular complexity index is 714. The van der Waals surface area contributed by atoms with E-state index < -0.39 is 11.8 Å². The molecule has 0 radical (unpaired) electrons. The fourth-order valence-electron chi connectivity index (χ4n) is 2.03. The maximum absolute atomic E-state index is 12.0. The summed E-state index contributed by atoms with van der Waals surface area (Å²) in [5.74, 6) is -1.39. The minimum absolute atomic E-state index is 0.564. The maximum Gasteiger partial charge on any atom is 0.314 e. The number of carbonyl (C=O) groups is 2. The molecule has 0 aromatic heterocycles. The predicted molar refractivity (Wildman–Crippen MR) is 92.0 cm³/mol. The molecule has 2 rings (SSSR count). The number of aryl methyl sites for hydroxylation is 2. The Hall–Kier alpha value is -2.14. The molecule has 22 heavy (non-hydrogen) atoms. The lowest BCUT2D eigenvalue weighted by Crippen LogP contribution is -2.29. The number of halogens is 1. The number of anilines is 2. The molecule has 0 spiro atoms. The van der Waals surface area contributed by atoms with E-state index >= 15 is 0 Å². The van der Waals surface area contributed by atoms with Crippen LogP contribution in [0.2, 0.25) is 0 Å². The largest absolute Gasteiger partial charge is 0.318 e. The zero-order valence-electron chi connectivity index (χ0n) is 12.4. The fraction of sp³-hybridized carbons (Fsp3) is 0.176. The van der Waals surface area contributed by atoms with Gasteiger partial charge in [0.15, 0.2) is 0 Å². The number of para-hydroxylation sites is 1. The Kier molecular flexibility index (Phi) is 5.33. The molecule has 2 amide bonds. The van der Waals surface area contributed by atoms with E-state index in [2.05, 4.69) is 26.6 Å². The first-order valence-corrected chi connectivity index (χ1v) is 7.77. The fourth-order valence-corrected chi connectivity index (χ4v) is 2.62. The molecule has 2 aromatic rings. The van der Waals surface area contributed by atoms with Crippen molar-refractivity contribution in [2.45, 2.75) is 20.3 Å². The quantitative estimate of drug-likeness (QED) is 0.815. The van der Waals surface area contributed by atoms with E-state index in [1.54, 1.807) is 12.1 Å². The van der Waals surface area contributed by atoms with Gasteiger partial charge in [-0.1, -0.05) is 31.2 Å². The van der Waals surface area contributed by atoms with Crippen molar-refractivity contribution in [2.75, 3.05) is 10.6 Å². The SMILES string of the molecule is CCc1ccccc1NC(=O)C(=O)Nc1ccc(C)cc1Br. The minimum Gasteiger partial charge on any atom is -0.318 e. The van der Waals surface area contributed by atoms with Crippen LogP contribution in [0.15, 0.2) is 46.9 Å². The van der Waals surface area contributed by atoms with Gasteiger partial charge < -0.3 is 10.6 Å². The third-order valence-corrected chi connectivity index (χ3v) is 3.88. The first-order valence-electron chi connectivity index (χ1n) is 6.97. The van der Waals surface area contributed by atoms with Crippen molar-refractivity contribution in [1.29, 1.82) is 0 Å². The monoisotopic (exact) mass is 360 g/mol. The second kappa shape index (κ2) is 7.22. The summed E-state index contributed by atoms with van der Waals surface area (Å²) in [7, 11) is 0. The summed E-state index contributed by atoms with van der Waals surface area (Å²) in [6, 6.07) is 12.9. The van der Waals surface area contributed by atoms with Crippen LogP contribution >= 0.6 is 15.9 Å². The van der Waals surface area contributed by atoms with Crippen LogP contribution < -0.4 is 10.6 Å². The van der Waals surface area contributed by atoms with Gasteiger partial charge in [-0.3, -0.25) is 9.59 Å². The van der Waals surface area contributed by atoms with E-state index in [4.69, 9.17) is 0 Å². The van der Waals surface area contributed by atoms with E-state index in [-0.39, 0.29) is 0 Å². The molecule has 114 valence electrons. The number of carbonyl (C=O) groups excluding carboxylic acids is 2. The molecule has 2 N–H and O–H groups in total. The molecule has 0 aliphatic carbocycles. The molecule has 0 saturated carbocycles. The summed E-state index contributed by atoms with van der Waals surface area (Å²) in [5, 5.41) is 5.24. The summed E-state index contributed by atoms with van der Waals surface area (Å²) >= 11 is 3.37. The van der Waals surface area contributed by atoms with Crippen molar-refractivity contribution < 1.29 is 9.59 Å². The molecule has 5 heteroatoms. The molecule has 0 aliphatic heterocycles. The van der Waals surface area contributed by atoms with Gasteiger partial charge in [-0.15, -0.1) is 0 Å². The van der Waals surface area contributed by atoms with Crippen molar-refractivity contribution in [3.63, 3.8) is 0 Å². The van der Waals surface area contributed by atoms with E-state index in [9.17, 15) is 9.59 Å². The smallest absolute Gasteiger partial charge is 0.314 e. The van der Waals surface area contributed by atoms with E-state index in [1.807, 2.05) is 44.2 Å². The van der Waals surface area contributed by atoms with Crippen molar-refractivity contribution in [3.8, 4) is 0 Å². The first kappa shape index (κ1) is 16.2. The second-order valence-corrected chi connectivity index (χ2v) is 5.76. The van der Waals surface area contributed by atoms with Crippen LogP contribution in [0, 0.1) is 6.92 Å². The first-order chi connectivity index (χ1) is 10.5. The number of hydrogen-bond donors (Lipinski definition) is 2. The zero-order chi connectivity index (χ0) is 16.1. The standard InChI is InChI=1S/C17H17BrN2O2/c1-3-12-6-4-5-7-14(12)19-16(21)17(22)20-15-9-8-11(2)10-13(15)18/h4-10H,3H2,1-2H3,(H,19,21)(H,20,22). The summed E-state index contributed by atoms with van der Waals surface area (Å²) in [6.07, 6.45) is 0.779. The molecular formula is C17H17BrN2O2. The Morgan fingerprint density at radius 1 is 1.00 bits per heavy atom. The van der Waals surface area contributed by atoms with E-state index in [0.29, 0.717) is 11.4 Å². The van der Waals surface area contributed by atoms with Crippen LogP contribution in [-0.2, 0) is 16.0 Å². The van der Waals surface area contributed by atoms with Gasteiger partial charge in [0.05, 0.1) is 5.69 Å². The van der Waals surface area contributed by atoms with Gasteiger partial charge >= 0.3 is 11.8 Å². The summed E-state index contributed by atoms with van der Waals surface area (Å²) in [4.78, 5) is 24.0. The predicted octanol–water partition coefficient (Wildman–Crippen LogP) is 3.90. The number of hydrogen-bond acceptors (Lipinski definition) is 2. The van der Waals surface area contributed by atoms with Crippen molar-refractivity contribution in [2.24, 2.45) is 0 Å². The van der Waals surface area contributed by atoms with E-state index in [0.717, 1.165) is 22.0 Å². The molecule has 0 bridgehead atoms. The lowest BCUT2D eigenvalue weighted by atomic mass is 10.1. The normalized spacial score (nSPS) is 10.1. The van der Waals surface area contributed by atoms with Gasteiger partial charge in [-0.05, 0) is 58.6 Å². The average Bonchev–Trinajstić information content (AvgIpc) is 2.50. The summed E-state index contributed by atoms with van der Waals surface area (Å²) in [5.41, 5.74) is 3.27. The van der Waals surface area contributed by atoms with Crippen LogP contribution in [-0.4, -0.2) is 11.8 Å². The number of nitrogens with one attached hydrogen (secondary N) is 2. The van der Waals surface area contributed by atoms with Crippen molar-refractivity contribution >= 4 is 39.1 Å². The highest BCUT2D eigenvalue weighted by molar-refractivity contribution is 9.10. The van der Waals surface area contributed by atoms with Crippen LogP contribution in [0.5, 0.6) is 0 Å². The van der Waals surface area contributed by atoms with Crippen LogP contribution in [0.3, 0.4) is 0 Å². The highest BCUT2D eigenvalue weighted by Gasteiger charge is 2.16. The molecule has 4 nitrogen and oxygen atoms in total. The molecule has 0 saturated heterocycles. The Labute approximate surface area is 138 Å². The van der Waals surface area contributed by atoms with Crippen LogP contribution in [0.1, 0.15) is 18.1 Å². The Morgan fingerprint density at radius 3 is 2.27 bits per heavy atom. The van der Waals surface area contributed by atoms with Crippen LogP contribution in [0.4, 0.5) is 11.4 Å². The second-order valence-electron chi connectivity index (χ2n) is 4.90. The van der Waals surface area contributed by atoms with Gasteiger partial charge in [-0.25, -0.2) is 0 Å². The molecule has 0 aliphatic rings. The minimum atomic E-state index is -0.699. The molecule has 0 unspecified atom stereocenters. The van der Waals surface area contributed by atoms with Gasteiger partial charge in [-0.2, -0.15) is 0 Å². The van der Waals surface area contributed by atoms with Gasteiger partial charge in [0.2, 0.25) is 0 Å². The van der Waals surface area contributed by atoms with Gasteiger partial charge in [0, 0.05) is 10.2 Å². The molecule has 2 aromatic carbocycles. The number of rotatable bonds is 3. The third kappa shape index (κ3) is 3.95. The lowest BCUT2D eigenvalue weighted by Gasteiger charge is -2.11. The molecular weight excluding hydrogens is 344 g/mol.